The maximum atomic E-state index is 13.5. The molecule has 1 saturated heterocycles. The van der Waals surface area contributed by atoms with Gasteiger partial charge in [-0.2, -0.15) is 0 Å². The molecule has 0 unspecified atom stereocenters. The lowest BCUT2D eigenvalue weighted by atomic mass is 10.0. The first-order valence-corrected chi connectivity index (χ1v) is 13.2. The van der Waals surface area contributed by atoms with Crippen LogP contribution in [-0.2, 0) is 19.1 Å². The van der Waals surface area contributed by atoms with E-state index in [0.717, 1.165) is 25.9 Å². The first-order chi connectivity index (χ1) is 17.8. The fourth-order valence-electron chi connectivity index (χ4n) is 4.83. The Labute approximate surface area is 219 Å². The van der Waals surface area contributed by atoms with Crippen LogP contribution in [0.5, 0.6) is 5.75 Å². The van der Waals surface area contributed by atoms with Crippen molar-refractivity contribution in [3.8, 4) is 5.75 Å². The van der Waals surface area contributed by atoms with Gasteiger partial charge in [-0.25, -0.2) is 0 Å². The smallest absolute Gasteiger partial charge is 0.257 e. The number of benzene rings is 1. The van der Waals surface area contributed by atoms with Gasteiger partial charge in [0.25, 0.3) is 5.91 Å². The number of hydrogen-bond acceptors (Lipinski definition) is 7. The summed E-state index contributed by atoms with van der Waals surface area (Å²) in [6.07, 6.45) is 1.54. The molecule has 0 aromatic heterocycles. The van der Waals surface area contributed by atoms with Gasteiger partial charge in [-0.3, -0.25) is 19.3 Å². The molecule has 1 aromatic rings. The second kappa shape index (κ2) is 12.2. The first-order valence-electron chi connectivity index (χ1n) is 13.2. The summed E-state index contributed by atoms with van der Waals surface area (Å²) in [4.78, 5) is 44.8. The Morgan fingerprint density at radius 3 is 2.54 bits per heavy atom. The molecule has 2 fully saturated rings. The number of nitrogens with zero attached hydrogens (tertiary/aromatic N) is 3. The van der Waals surface area contributed by atoms with Crippen molar-refractivity contribution >= 4 is 23.4 Å². The second-order valence-electron chi connectivity index (χ2n) is 10.5. The van der Waals surface area contributed by atoms with Gasteiger partial charge in [0, 0.05) is 57.9 Å². The summed E-state index contributed by atoms with van der Waals surface area (Å²) in [6.45, 7) is 8.16. The third kappa shape index (κ3) is 7.00. The van der Waals surface area contributed by atoms with Gasteiger partial charge in [0.05, 0.1) is 37.5 Å². The molecule has 37 heavy (non-hydrogen) atoms. The largest absolute Gasteiger partial charge is 0.491 e. The molecule has 3 amide bonds. The zero-order chi connectivity index (χ0) is 26.5. The van der Waals surface area contributed by atoms with E-state index >= 15 is 0 Å². The number of morpholine rings is 1. The van der Waals surface area contributed by atoms with Crippen LogP contribution in [-0.4, -0.2) is 111 Å². The van der Waals surface area contributed by atoms with Crippen LogP contribution in [0.15, 0.2) is 18.2 Å². The Morgan fingerprint density at radius 2 is 1.86 bits per heavy atom. The van der Waals surface area contributed by atoms with Crippen LogP contribution >= 0.6 is 0 Å². The molecule has 4 rings (SSSR count). The number of likely N-dealkylation sites (N-methyl/N-ethyl adjacent to an activating group) is 1. The van der Waals surface area contributed by atoms with Crippen molar-refractivity contribution in [1.29, 1.82) is 0 Å². The Bertz CT molecular complexity index is 978. The van der Waals surface area contributed by atoms with Gasteiger partial charge in [-0.05, 0) is 38.0 Å². The molecule has 1 N–H and O–H groups in total. The van der Waals surface area contributed by atoms with Crippen molar-refractivity contribution in [2.45, 2.75) is 38.8 Å². The maximum Gasteiger partial charge on any atom is 0.257 e. The maximum absolute atomic E-state index is 13.5. The van der Waals surface area contributed by atoms with Gasteiger partial charge in [0.2, 0.25) is 11.8 Å². The Balaban J connectivity index is 1.58. The van der Waals surface area contributed by atoms with Crippen LogP contribution in [0.1, 0.15) is 37.0 Å². The van der Waals surface area contributed by atoms with E-state index in [2.05, 4.69) is 10.2 Å². The number of carbonyl (C=O) groups is 3. The molecule has 1 saturated carbocycles. The van der Waals surface area contributed by atoms with Gasteiger partial charge in [0.1, 0.15) is 12.4 Å². The average Bonchev–Trinajstić information content (AvgIpc) is 3.74. The third-order valence-corrected chi connectivity index (χ3v) is 7.44. The fourth-order valence-corrected chi connectivity index (χ4v) is 4.83. The standard InChI is InChI=1S/C27H40N4O6/c1-18-14-31(25(32)16-30-9-11-36-12-10-30)19(2)17-37-23-8-7-21(28-26(33)20-5-6-20)13-22(23)27(34)29(3)15-24(18)35-4/h7-8,13,18-20,24H,5-6,9-12,14-17H2,1-4H3,(H,28,33)/t18-,19-,24+/m0/s1. The summed E-state index contributed by atoms with van der Waals surface area (Å²) in [7, 11) is 3.37. The minimum absolute atomic E-state index is 0.0144. The topological polar surface area (TPSA) is 101 Å². The lowest BCUT2D eigenvalue weighted by Gasteiger charge is -2.37. The highest BCUT2D eigenvalue weighted by molar-refractivity contribution is 6.00. The van der Waals surface area contributed by atoms with Crippen LogP contribution in [0.3, 0.4) is 0 Å². The van der Waals surface area contributed by atoms with E-state index < -0.39 is 0 Å². The van der Waals surface area contributed by atoms with Crippen molar-refractivity contribution in [2.75, 3.05) is 72.0 Å². The average molecular weight is 517 g/mol. The Kier molecular flexibility index (Phi) is 9.04. The molecule has 1 aliphatic carbocycles. The number of anilines is 1. The van der Waals surface area contributed by atoms with Crippen LogP contribution in [0.2, 0.25) is 0 Å². The van der Waals surface area contributed by atoms with Crippen LogP contribution < -0.4 is 10.1 Å². The first kappa shape index (κ1) is 27.3. The highest BCUT2D eigenvalue weighted by atomic mass is 16.5. The quantitative estimate of drug-likeness (QED) is 0.636. The number of methoxy groups -OCH3 is 1. The number of amides is 3. The molecule has 10 nitrogen and oxygen atoms in total. The number of hydrogen-bond donors (Lipinski definition) is 1. The van der Waals surface area contributed by atoms with Crippen molar-refractivity contribution in [1.82, 2.24) is 14.7 Å². The number of fused-ring (bicyclic) bond motifs is 1. The third-order valence-electron chi connectivity index (χ3n) is 7.44. The predicted molar refractivity (Wildman–Crippen MR) is 139 cm³/mol. The summed E-state index contributed by atoms with van der Waals surface area (Å²) in [5.41, 5.74) is 0.942. The van der Waals surface area contributed by atoms with Crippen molar-refractivity contribution in [2.24, 2.45) is 11.8 Å². The normalized spacial score (nSPS) is 25.9. The monoisotopic (exact) mass is 516 g/mol. The van der Waals surface area contributed by atoms with E-state index in [0.29, 0.717) is 49.8 Å². The molecule has 3 aliphatic rings. The van der Waals surface area contributed by atoms with E-state index in [1.54, 1.807) is 37.3 Å². The molecule has 10 heteroatoms. The highest BCUT2D eigenvalue weighted by Crippen LogP contribution is 2.31. The van der Waals surface area contributed by atoms with E-state index in [4.69, 9.17) is 14.2 Å². The summed E-state index contributed by atoms with van der Waals surface area (Å²) in [5, 5.41) is 2.92. The number of nitrogens with one attached hydrogen (secondary N) is 1. The van der Waals surface area contributed by atoms with E-state index in [9.17, 15) is 14.4 Å². The molecule has 204 valence electrons. The molecule has 0 spiro atoms. The zero-order valence-corrected chi connectivity index (χ0v) is 22.4. The molecule has 1 aromatic carbocycles. The molecule has 0 bridgehead atoms. The SMILES string of the molecule is CO[C@@H]1CN(C)C(=O)c2cc(NC(=O)C3CC3)ccc2OC[C@H](C)N(C(=O)CN2CCOCC2)C[C@@H]1C. The van der Waals surface area contributed by atoms with Gasteiger partial charge < -0.3 is 29.3 Å². The van der Waals surface area contributed by atoms with E-state index in [-0.39, 0.29) is 48.3 Å². The summed E-state index contributed by atoms with van der Waals surface area (Å²) < 4.78 is 17.4. The minimum Gasteiger partial charge on any atom is -0.491 e. The predicted octanol–water partition coefficient (Wildman–Crippen LogP) is 1.70. The molecular formula is C27H40N4O6. The van der Waals surface area contributed by atoms with Crippen LogP contribution in [0.4, 0.5) is 5.69 Å². The molecule has 0 radical (unpaired) electrons. The lowest BCUT2D eigenvalue weighted by molar-refractivity contribution is -0.137. The molecule has 2 aliphatic heterocycles. The Hall–Kier alpha value is -2.69. The van der Waals surface area contributed by atoms with Gasteiger partial charge in [-0.1, -0.05) is 6.92 Å². The molecular weight excluding hydrogens is 476 g/mol. The van der Waals surface area contributed by atoms with Crippen molar-refractivity contribution < 1.29 is 28.6 Å². The van der Waals surface area contributed by atoms with Gasteiger partial charge >= 0.3 is 0 Å². The number of carbonyl (C=O) groups excluding carboxylic acids is 3. The van der Waals surface area contributed by atoms with Gasteiger partial charge in [0.15, 0.2) is 0 Å². The summed E-state index contributed by atoms with van der Waals surface area (Å²) in [6, 6.07) is 4.93. The minimum atomic E-state index is -0.263. The molecule has 2 heterocycles. The van der Waals surface area contributed by atoms with Gasteiger partial charge in [-0.15, -0.1) is 0 Å². The summed E-state index contributed by atoms with van der Waals surface area (Å²) >= 11 is 0. The fraction of sp³-hybridized carbons (Fsp3) is 0.667. The van der Waals surface area contributed by atoms with E-state index in [1.807, 2.05) is 18.7 Å². The van der Waals surface area contributed by atoms with E-state index in [1.165, 1.54) is 0 Å². The highest BCUT2D eigenvalue weighted by Gasteiger charge is 2.32. The van der Waals surface area contributed by atoms with Crippen molar-refractivity contribution in [3.05, 3.63) is 23.8 Å². The number of rotatable bonds is 5. The summed E-state index contributed by atoms with van der Waals surface area (Å²) in [5.74, 6) is 0.281. The second-order valence-corrected chi connectivity index (χ2v) is 10.5. The number of ether oxygens (including phenoxy) is 3. The zero-order valence-electron chi connectivity index (χ0n) is 22.4. The van der Waals surface area contributed by atoms with Crippen LogP contribution in [0.25, 0.3) is 0 Å². The Morgan fingerprint density at radius 1 is 1.14 bits per heavy atom. The van der Waals surface area contributed by atoms with Crippen molar-refractivity contribution in [3.63, 3.8) is 0 Å². The lowest BCUT2D eigenvalue weighted by Crippen LogP contribution is -2.52. The van der Waals surface area contributed by atoms with Crippen LogP contribution in [0, 0.1) is 11.8 Å². The molecule has 3 atom stereocenters.